The summed E-state index contributed by atoms with van der Waals surface area (Å²) >= 11 is 0. The van der Waals surface area contributed by atoms with Crippen LogP contribution in [0.25, 0.3) is 0 Å². The van der Waals surface area contributed by atoms with Gasteiger partial charge in [0.15, 0.2) is 6.29 Å². The van der Waals surface area contributed by atoms with Crippen LogP contribution in [0.2, 0.25) is 0 Å². The minimum Gasteiger partial charge on any atom is -0.394 e. The summed E-state index contributed by atoms with van der Waals surface area (Å²) in [4.78, 5) is 12.8. The molecule has 8 atom stereocenters. The lowest BCUT2D eigenvalue weighted by atomic mass is 9.99. The SMILES string of the molecule is CCCCCCCCCCCCCCCCCCCCCCCCCCCCC(=O)N[C@@H](CO[C@H]1O[C@H](CO)[C@H](O)[C@H](O)[C@H]1O)[C@H](O)[C@H](O)CCCC. The minimum atomic E-state index is -1.60. The molecule has 0 unspecified atom stereocenters. The molecule has 0 spiro atoms. The van der Waals surface area contributed by atoms with Gasteiger partial charge in [-0.3, -0.25) is 4.79 Å². The lowest BCUT2D eigenvalue weighted by Crippen LogP contribution is -2.60. The molecular formula is C43H85NO9. The fourth-order valence-corrected chi connectivity index (χ4v) is 7.36. The average molecular weight is 760 g/mol. The van der Waals surface area contributed by atoms with Crippen molar-refractivity contribution in [1.82, 2.24) is 5.32 Å². The second-order valence-electron chi connectivity index (χ2n) is 16.0. The zero-order valence-corrected chi connectivity index (χ0v) is 34.2. The Hall–Kier alpha value is -0.850. The van der Waals surface area contributed by atoms with Crippen molar-refractivity contribution in [1.29, 1.82) is 0 Å². The molecule has 1 aliphatic heterocycles. The smallest absolute Gasteiger partial charge is 0.220 e. The molecule has 1 heterocycles. The third kappa shape index (κ3) is 25.1. The van der Waals surface area contributed by atoms with Gasteiger partial charge in [0, 0.05) is 6.42 Å². The van der Waals surface area contributed by atoms with Crippen LogP contribution in [-0.2, 0) is 14.3 Å². The first-order valence-electron chi connectivity index (χ1n) is 22.3. The van der Waals surface area contributed by atoms with Crippen LogP contribution in [0.15, 0.2) is 0 Å². The molecule has 316 valence electrons. The maximum Gasteiger partial charge on any atom is 0.220 e. The second-order valence-corrected chi connectivity index (χ2v) is 16.0. The summed E-state index contributed by atoms with van der Waals surface area (Å²) in [7, 11) is 0. The van der Waals surface area contributed by atoms with Crippen molar-refractivity contribution in [3.05, 3.63) is 0 Å². The van der Waals surface area contributed by atoms with E-state index < -0.39 is 55.6 Å². The maximum absolute atomic E-state index is 12.8. The fraction of sp³-hybridized carbons (Fsp3) is 0.977. The topological polar surface area (TPSA) is 169 Å². The highest BCUT2D eigenvalue weighted by Crippen LogP contribution is 2.23. The van der Waals surface area contributed by atoms with Gasteiger partial charge in [0.1, 0.15) is 30.5 Å². The van der Waals surface area contributed by atoms with E-state index in [1.807, 2.05) is 6.92 Å². The molecule has 53 heavy (non-hydrogen) atoms. The molecule has 0 saturated carbocycles. The van der Waals surface area contributed by atoms with Gasteiger partial charge >= 0.3 is 0 Å². The Morgan fingerprint density at radius 3 is 1.38 bits per heavy atom. The van der Waals surface area contributed by atoms with Crippen molar-refractivity contribution in [3.63, 3.8) is 0 Å². The summed E-state index contributed by atoms with van der Waals surface area (Å²) in [5.41, 5.74) is 0. The quantitative estimate of drug-likeness (QED) is 0.0313. The highest BCUT2D eigenvalue weighted by molar-refractivity contribution is 5.76. The number of ether oxygens (including phenoxy) is 2. The van der Waals surface area contributed by atoms with Gasteiger partial charge in [0.05, 0.1) is 25.4 Å². The van der Waals surface area contributed by atoms with Crippen molar-refractivity contribution in [2.45, 2.75) is 255 Å². The second kappa shape index (κ2) is 34.4. The summed E-state index contributed by atoms with van der Waals surface area (Å²) < 4.78 is 11.0. The molecule has 0 aromatic heterocycles. The number of amides is 1. The lowest BCUT2D eigenvalue weighted by Gasteiger charge is -2.40. The summed E-state index contributed by atoms with van der Waals surface area (Å²) in [5, 5.41) is 63.9. The average Bonchev–Trinajstić information content (AvgIpc) is 3.16. The van der Waals surface area contributed by atoms with E-state index in [2.05, 4.69) is 12.2 Å². The summed E-state index contributed by atoms with van der Waals surface area (Å²) in [6.45, 7) is 3.36. The zero-order valence-electron chi connectivity index (χ0n) is 34.2. The Morgan fingerprint density at radius 2 is 0.981 bits per heavy atom. The number of nitrogens with one attached hydrogen (secondary N) is 1. The van der Waals surface area contributed by atoms with Gasteiger partial charge in [-0.1, -0.05) is 187 Å². The van der Waals surface area contributed by atoms with Crippen molar-refractivity contribution in [3.8, 4) is 0 Å². The van der Waals surface area contributed by atoms with Gasteiger partial charge in [0.2, 0.25) is 5.91 Å². The number of hydrogen-bond acceptors (Lipinski definition) is 9. The van der Waals surface area contributed by atoms with E-state index >= 15 is 0 Å². The molecule has 0 aromatic rings. The predicted molar refractivity (Wildman–Crippen MR) is 214 cm³/mol. The number of carbonyl (C=O) groups excluding carboxylic acids is 1. The van der Waals surface area contributed by atoms with Gasteiger partial charge in [-0.2, -0.15) is 0 Å². The molecule has 10 heteroatoms. The van der Waals surface area contributed by atoms with E-state index in [1.54, 1.807) is 0 Å². The Labute approximate surface area is 324 Å². The van der Waals surface area contributed by atoms with Gasteiger partial charge in [0.25, 0.3) is 0 Å². The van der Waals surface area contributed by atoms with Crippen LogP contribution in [-0.4, -0.2) is 98.7 Å². The van der Waals surface area contributed by atoms with Crippen LogP contribution in [0, 0.1) is 0 Å². The highest BCUT2D eigenvalue weighted by Gasteiger charge is 2.44. The number of aliphatic hydroxyl groups is 6. The molecule has 1 saturated heterocycles. The predicted octanol–water partition coefficient (Wildman–Crippen LogP) is 7.75. The Balaban J connectivity index is 2.07. The molecular weight excluding hydrogens is 674 g/mol. The van der Waals surface area contributed by atoms with Crippen molar-refractivity contribution in [2.75, 3.05) is 13.2 Å². The van der Waals surface area contributed by atoms with Crippen LogP contribution < -0.4 is 5.32 Å². The van der Waals surface area contributed by atoms with Crippen molar-refractivity contribution < 1.29 is 44.9 Å². The Morgan fingerprint density at radius 1 is 0.585 bits per heavy atom. The first-order chi connectivity index (χ1) is 25.8. The van der Waals surface area contributed by atoms with Crippen LogP contribution >= 0.6 is 0 Å². The molecule has 0 aliphatic carbocycles. The molecule has 0 aromatic carbocycles. The van der Waals surface area contributed by atoms with E-state index in [9.17, 15) is 35.4 Å². The molecule has 1 amide bonds. The molecule has 10 nitrogen and oxygen atoms in total. The minimum absolute atomic E-state index is 0.265. The fourth-order valence-electron chi connectivity index (χ4n) is 7.36. The molecule has 1 aliphatic rings. The molecule has 7 N–H and O–H groups in total. The van der Waals surface area contributed by atoms with E-state index in [0.717, 1.165) is 25.7 Å². The summed E-state index contributed by atoms with van der Waals surface area (Å²) in [5.74, 6) is -0.265. The van der Waals surface area contributed by atoms with Gasteiger partial charge in [-0.15, -0.1) is 0 Å². The monoisotopic (exact) mass is 760 g/mol. The number of aliphatic hydroxyl groups excluding tert-OH is 6. The Kier molecular flexibility index (Phi) is 32.6. The van der Waals surface area contributed by atoms with E-state index in [-0.39, 0.29) is 18.9 Å². The number of hydrogen-bond donors (Lipinski definition) is 7. The van der Waals surface area contributed by atoms with Gasteiger partial charge in [-0.25, -0.2) is 0 Å². The first-order valence-corrected chi connectivity index (χ1v) is 22.3. The van der Waals surface area contributed by atoms with Crippen LogP contribution in [0.1, 0.15) is 206 Å². The zero-order chi connectivity index (χ0) is 38.9. The molecule has 1 rings (SSSR count). The standard InChI is InChI=1S/C43H85NO9/c1-3-5-7-8-9-10-11-12-13-14-15-16-17-18-19-20-21-22-23-24-25-26-27-28-29-30-32-38(47)44-35(39(48)36(46)31-6-4-2)34-52-43-42(51)41(50)40(49)37(33-45)53-43/h35-37,39-43,45-46,48-51H,3-34H2,1-2H3,(H,44,47)/t35-,36+,37+,39-,40-,41-,42+,43-/m0/s1. The van der Waals surface area contributed by atoms with E-state index in [4.69, 9.17) is 9.47 Å². The number of carbonyl (C=O) groups is 1. The van der Waals surface area contributed by atoms with Crippen molar-refractivity contribution >= 4 is 5.91 Å². The number of unbranched alkanes of at least 4 members (excludes halogenated alkanes) is 26. The lowest BCUT2D eigenvalue weighted by molar-refractivity contribution is -0.303. The Bertz CT molecular complexity index is 819. The molecule has 0 radical (unpaired) electrons. The van der Waals surface area contributed by atoms with E-state index in [0.29, 0.717) is 12.8 Å². The highest BCUT2D eigenvalue weighted by atomic mass is 16.7. The van der Waals surface area contributed by atoms with E-state index in [1.165, 1.54) is 148 Å². The summed E-state index contributed by atoms with van der Waals surface area (Å²) in [6, 6.07) is -0.981. The molecule has 1 fully saturated rings. The molecule has 0 bridgehead atoms. The normalized spacial score (nSPS) is 22.2. The largest absolute Gasteiger partial charge is 0.394 e. The van der Waals surface area contributed by atoms with Crippen LogP contribution in [0.3, 0.4) is 0 Å². The van der Waals surface area contributed by atoms with Crippen molar-refractivity contribution in [2.24, 2.45) is 0 Å². The first kappa shape index (κ1) is 50.2. The number of rotatable bonds is 37. The summed E-state index contributed by atoms with van der Waals surface area (Å²) in [6.07, 6.45) is 27.0. The third-order valence-electron chi connectivity index (χ3n) is 11.1. The third-order valence-corrected chi connectivity index (χ3v) is 11.1. The van der Waals surface area contributed by atoms with Gasteiger partial charge in [-0.05, 0) is 12.8 Å². The van der Waals surface area contributed by atoms with Crippen LogP contribution in [0.4, 0.5) is 0 Å². The van der Waals surface area contributed by atoms with Gasteiger partial charge < -0.3 is 45.4 Å². The van der Waals surface area contributed by atoms with Crippen LogP contribution in [0.5, 0.6) is 0 Å². The maximum atomic E-state index is 12.8.